The number of nitrogens with two attached hydrogens (primary N) is 1. The van der Waals surface area contributed by atoms with Crippen molar-refractivity contribution >= 4 is 17.5 Å². The van der Waals surface area contributed by atoms with Gasteiger partial charge in [0.05, 0.1) is 11.6 Å². The van der Waals surface area contributed by atoms with Crippen LogP contribution in [0.5, 0.6) is 5.75 Å². The molecule has 188 valence electrons. The minimum absolute atomic E-state index is 0.0221. The number of phenolic OH excluding ortho intramolecular Hbond substituents is 1. The van der Waals surface area contributed by atoms with Crippen LogP contribution in [0.3, 0.4) is 0 Å². The predicted molar refractivity (Wildman–Crippen MR) is 126 cm³/mol. The molecule has 35 heavy (non-hydrogen) atoms. The molecule has 0 heterocycles. The number of fused-ring (bicyclic) bond motifs is 3. The van der Waals surface area contributed by atoms with Crippen molar-refractivity contribution in [3.8, 4) is 5.75 Å². The molecule has 0 radical (unpaired) electrons. The van der Waals surface area contributed by atoms with Gasteiger partial charge in [0.1, 0.15) is 22.8 Å². The van der Waals surface area contributed by atoms with Crippen molar-refractivity contribution in [3.63, 3.8) is 0 Å². The maximum Gasteiger partial charge on any atom is 0.255 e. The number of allylic oxidation sites excluding steroid dienone is 1. The van der Waals surface area contributed by atoms with Crippen molar-refractivity contribution in [3.05, 3.63) is 51.5 Å². The first-order chi connectivity index (χ1) is 16.3. The quantitative estimate of drug-likeness (QED) is 0.327. The molecule has 0 fully saturated rings. The lowest BCUT2D eigenvalue weighted by Crippen LogP contribution is -2.63. The minimum atomic E-state index is -2.63. The first-order valence-electron chi connectivity index (χ1n) is 11.5. The Bertz CT molecular complexity index is 1200. The first-order valence-corrected chi connectivity index (χ1v) is 11.5. The fraction of sp³-hybridized carbons (Fsp3) is 0.480. The van der Waals surface area contributed by atoms with E-state index < -0.39 is 58.0 Å². The Hall–Kier alpha value is -3.21. The molecule has 1 aromatic carbocycles. The van der Waals surface area contributed by atoms with E-state index in [1.54, 1.807) is 20.2 Å². The fourth-order valence-electron chi connectivity index (χ4n) is 5.79. The minimum Gasteiger partial charge on any atom is -0.510 e. The van der Waals surface area contributed by atoms with E-state index >= 15 is 0 Å². The molecule has 7 N–H and O–H groups in total. The maximum atomic E-state index is 13.6. The van der Waals surface area contributed by atoms with Crippen LogP contribution in [0.15, 0.2) is 34.8 Å². The zero-order valence-electron chi connectivity index (χ0n) is 20.1. The number of phenols is 1. The number of primary amides is 1. The monoisotopic (exact) mass is 485 g/mol. The third-order valence-corrected chi connectivity index (χ3v) is 7.40. The largest absolute Gasteiger partial charge is 0.510 e. The van der Waals surface area contributed by atoms with Crippen LogP contribution in [0.2, 0.25) is 0 Å². The van der Waals surface area contributed by atoms with Crippen LogP contribution >= 0.6 is 0 Å². The molecule has 4 rings (SSSR count). The summed E-state index contributed by atoms with van der Waals surface area (Å²) in [6, 6.07) is 2.33. The van der Waals surface area contributed by atoms with Gasteiger partial charge in [0.2, 0.25) is 5.78 Å². The molecule has 3 aliphatic carbocycles. The van der Waals surface area contributed by atoms with Crippen LogP contribution in [0.4, 0.5) is 0 Å². The number of aliphatic hydroxyl groups excluding tert-OH is 2. The van der Waals surface area contributed by atoms with Gasteiger partial charge in [-0.05, 0) is 50.0 Å². The van der Waals surface area contributed by atoms with E-state index in [-0.39, 0.29) is 35.8 Å². The normalized spacial score (nSPS) is 28.4. The average molecular weight is 486 g/mol. The Kier molecular flexibility index (Phi) is 6.03. The van der Waals surface area contributed by atoms with Gasteiger partial charge < -0.3 is 31.5 Å². The van der Waals surface area contributed by atoms with E-state index in [9.17, 15) is 34.8 Å². The summed E-state index contributed by atoms with van der Waals surface area (Å²) >= 11 is 0. The third-order valence-electron chi connectivity index (χ3n) is 7.40. The van der Waals surface area contributed by atoms with Crippen molar-refractivity contribution in [2.45, 2.75) is 50.9 Å². The summed E-state index contributed by atoms with van der Waals surface area (Å²) in [5, 5.41) is 47.5. The summed E-state index contributed by atoms with van der Waals surface area (Å²) in [4.78, 5) is 40.4. The molecule has 0 spiro atoms. The molecule has 0 saturated heterocycles. The molecule has 0 bridgehead atoms. The van der Waals surface area contributed by atoms with E-state index in [0.29, 0.717) is 12.1 Å². The second kappa shape index (κ2) is 8.47. The lowest BCUT2D eigenvalue weighted by molar-refractivity contribution is -0.148. The number of nitrogens with one attached hydrogen (secondary N) is 1. The Morgan fingerprint density at radius 1 is 1.23 bits per heavy atom. The summed E-state index contributed by atoms with van der Waals surface area (Å²) < 4.78 is 0. The highest BCUT2D eigenvalue weighted by molar-refractivity contribution is 6.24. The molecule has 3 aliphatic rings. The molecule has 1 amide bonds. The fourth-order valence-corrected chi connectivity index (χ4v) is 5.79. The van der Waals surface area contributed by atoms with Crippen molar-refractivity contribution in [2.75, 3.05) is 14.1 Å². The summed E-state index contributed by atoms with van der Waals surface area (Å²) in [5.41, 5.74) is 3.21. The first kappa shape index (κ1) is 24.9. The number of aliphatic hydroxyl groups is 3. The number of carbonyl (C=O) groups is 3. The summed E-state index contributed by atoms with van der Waals surface area (Å²) in [6.07, 6.45) is 0.344. The van der Waals surface area contributed by atoms with Gasteiger partial charge in [-0.25, -0.2) is 0 Å². The standard InChI is InChI=1S/C25H31N3O7/c1-10(2)27-9-11-5-6-15(29)17-13(11)7-12-8-14-19(28(3)4)21(31)18(24(26)34)23(33)25(14,35)22(32)16(12)20(17)30/h5-6,10,12,14,19,27,29,31-32,35H,7-9H2,1-4H3,(H2,26,34)/t12-,14-,19?,25-/m1/s1. The van der Waals surface area contributed by atoms with Crippen molar-refractivity contribution in [2.24, 2.45) is 17.6 Å². The van der Waals surface area contributed by atoms with E-state index in [1.165, 1.54) is 11.0 Å². The molecule has 10 nitrogen and oxygen atoms in total. The number of hydrogen-bond donors (Lipinski definition) is 6. The molecule has 4 atom stereocenters. The Morgan fingerprint density at radius 2 is 1.89 bits per heavy atom. The Balaban J connectivity index is 1.91. The van der Waals surface area contributed by atoms with Gasteiger partial charge in [0.15, 0.2) is 11.4 Å². The number of benzene rings is 1. The number of carbonyl (C=O) groups excluding carboxylic acids is 3. The van der Waals surface area contributed by atoms with E-state index in [0.717, 1.165) is 5.56 Å². The van der Waals surface area contributed by atoms with Gasteiger partial charge in [0, 0.05) is 24.1 Å². The van der Waals surface area contributed by atoms with Crippen LogP contribution in [0, 0.1) is 11.8 Å². The predicted octanol–water partition coefficient (Wildman–Crippen LogP) is 0.619. The summed E-state index contributed by atoms with van der Waals surface area (Å²) in [6.45, 7) is 4.43. The smallest absolute Gasteiger partial charge is 0.255 e. The lowest BCUT2D eigenvalue weighted by atomic mass is 9.58. The molecule has 0 saturated carbocycles. The number of hydrogen-bond acceptors (Lipinski definition) is 9. The Morgan fingerprint density at radius 3 is 2.46 bits per heavy atom. The second-order valence-electron chi connectivity index (χ2n) is 10.1. The van der Waals surface area contributed by atoms with Crippen molar-refractivity contribution in [1.82, 2.24) is 10.2 Å². The van der Waals surface area contributed by atoms with E-state index in [4.69, 9.17) is 5.73 Å². The molecule has 10 heteroatoms. The van der Waals surface area contributed by atoms with Gasteiger partial charge in [-0.2, -0.15) is 0 Å². The highest BCUT2D eigenvalue weighted by atomic mass is 16.3. The molecule has 0 aliphatic heterocycles. The van der Waals surface area contributed by atoms with Crippen LogP contribution < -0.4 is 11.1 Å². The molecule has 1 unspecified atom stereocenters. The number of amides is 1. The summed E-state index contributed by atoms with van der Waals surface area (Å²) in [7, 11) is 3.20. The number of ketones is 2. The summed E-state index contributed by atoms with van der Waals surface area (Å²) in [5.74, 6) is -6.49. The lowest BCUT2D eigenvalue weighted by Gasteiger charge is -2.50. The number of rotatable bonds is 5. The van der Waals surface area contributed by atoms with Gasteiger partial charge in [0.25, 0.3) is 5.91 Å². The SMILES string of the molecule is CC(C)NCc1ccc(O)c2c1C[C@@H]1C[C@@H]3C(N(C)C)C(O)=C(C(N)=O)C(=O)[C@]3(O)C(O)=C1C2=O. The van der Waals surface area contributed by atoms with Gasteiger partial charge in [-0.1, -0.05) is 19.9 Å². The number of Topliss-reactive ketones (excluding diaryl/α,β-unsaturated/α-hetero) is 2. The van der Waals surface area contributed by atoms with Crippen LogP contribution in [-0.2, 0) is 22.6 Å². The molecular weight excluding hydrogens is 454 g/mol. The third kappa shape index (κ3) is 3.55. The average Bonchev–Trinajstić information content (AvgIpc) is 2.75. The molecule has 1 aromatic rings. The highest BCUT2D eigenvalue weighted by Gasteiger charge is 2.63. The van der Waals surface area contributed by atoms with Crippen LogP contribution in [-0.4, -0.2) is 74.6 Å². The molecular formula is C25H31N3O7. The van der Waals surface area contributed by atoms with Crippen LogP contribution in [0.1, 0.15) is 41.8 Å². The van der Waals surface area contributed by atoms with Crippen LogP contribution in [0.25, 0.3) is 0 Å². The van der Waals surface area contributed by atoms with E-state index in [1.807, 2.05) is 13.8 Å². The highest BCUT2D eigenvalue weighted by Crippen LogP contribution is 2.52. The Labute approximate surface area is 202 Å². The molecule has 0 aromatic heterocycles. The van der Waals surface area contributed by atoms with Crippen molar-refractivity contribution < 1.29 is 34.8 Å². The van der Waals surface area contributed by atoms with Gasteiger partial charge >= 0.3 is 0 Å². The second-order valence-corrected chi connectivity index (χ2v) is 10.1. The number of likely N-dealkylation sites (N-methyl/N-ethyl adjacent to an activating group) is 1. The number of aromatic hydroxyl groups is 1. The topological polar surface area (TPSA) is 173 Å². The van der Waals surface area contributed by atoms with Gasteiger partial charge in [-0.3, -0.25) is 19.3 Å². The maximum absolute atomic E-state index is 13.6. The van der Waals surface area contributed by atoms with Crippen molar-refractivity contribution in [1.29, 1.82) is 0 Å². The zero-order chi connectivity index (χ0) is 26.0. The zero-order valence-corrected chi connectivity index (χ0v) is 20.1. The van der Waals surface area contributed by atoms with Gasteiger partial charge in [-0.15, -0.1) is 0 Å². The van der Waals surface area contributed by atoms with E-state index in [2.05, 4.69) is 5.32 Å². The number of nitrogens with zero attached hydrogens (tertiary/aromatic N) is 1.